The van der Waals surface area contributed by atoms with E-state index in [1.165, 1.54) is 19.2 Å². The Kier molecular flexibility index (Phi) is 6.22. The van der Waals surface area contributed by atoms with Crippen LogP contribution < -0.4 is 10.5 Å². The summed E-state index contributed by atoms with van der Waals surface area (Å²) in [6, 6.07) is 4.98. The van der Waals surface area contributed by atoms with Crippen LogP contribution in [0.2, 0.25) is 0 Å². The Bertz CT molecular complexity index is 488. The first-order valence-corrected chi connectivity index (χ1v) is 6.83. The van der Waals surface area contributed by atoms with E-state index in [1.807, 2.05) is 13.8 Å². The van der Waals surface area contributed by atoms with E-state index in [0.717, 1.165) is 5.56 Å². The van der Waals surface area contributed by atoms with Gasteiger partial charge in [0.15, 0.2) is 0 Å². The summed E-state index contributed by atoms with van der Waals surface area (Å²) in [5, 5.41) is 0. The lowest BCUT2D eigenvalue weighted by Crippen LogP contribution is -2.34. The number of carbonyl (C=O) groups is 1. The Labute approximate surface area is 127 Å². The number of hydrogen-bond donors (Lipinski definition) is 1. The fourth-order valence-electron chi connectivity index (χ4n) is 2.15. The van der Waals surface area contributed by atoms with Crippen molar-refractivity contribution in [3.8, 4) is 5.75 Å². The van der Waals surface area contributed by atoms with Gasteiger partial charge in [0.2, 0.25) is 0 Å². The van der Waals surface area contributed by atoms with Crippen molar-refractivity contribution < 1.29 is 27.4 Å². The van der Waals surface area contributed by atoms with Crippen LogP contribution in [0.3, 0.4) is 0 Å². The zero-order valence-electron chi connectivity index (χ0n) is 12.7. The third kappa shape index (κ3) is 5.55. The van der Waals surface area contributed by atoms with Crippen molar-refractivity contribution in [2.75, 3.05) is 7.11 Å². The molecule has 3 unspecified atom stereocenters. The van der Waals surface area contributed by atoms with E-state index < -0.39 is 18.4 Å². The average molecular weight is 319 g/mol. The van der Waals surface area contributed by atoms with E-state index in [9.17, 15) is 18.0 Å². The van der Waals surface area contributed by atoms with Gasteiger partial charge in [-0.05, 0) is 36.0 Å². The van der Waals surface area contributed by atoms with Crippen molar-refractivity contribution in [2.24, 2.45) is 11.7 Å². The van der Waals surface area contributed by atoms with Gasteiger partial charge in [-0.3, -0.25) is 4.79 Å². The van der Waals surface area contributed by atoms with Crippen molar-refractivity contribution in [3.63, 3.8) is 0 Å². The van der Waals surface area contributed by atoms with Gasteiger partial charge in [0.05, 0.1) is 7.11 Å². The van der Waals surface area contributed by atoms with Gasteiger partial charge in [-0.25, -0.2) is 0 Å². The molecular formula is C15H20F3NO3. The topological polar surface area (TPSA) is 61.5 Å². The molecule has 0 amide bonds. The molecule has 1 rings (SSSR count). The van der Waals surface area contributed by atoms with E-state index in [4.69, 9.17) is 5.73 Å². The van der Waals surface area contributed by atoms with Gasteiger partial charge >= 0.3 is 12.3 Å². The molecule has 0 aromatic heterocycles. The molecule has 124 valence electrons. The summed E-state index contributed by atoms with van der Waals surface area (Å²) in [6.45, 7) is 3.85. The van der Waals surface area contributed by atoms with Crippen molar-refractivity contribution in [3.05, 3.63) is 29.8 Å². The molecule has 2 N–H and O–H groups in total. The number of rotatable bonds is 6. The van der Waals surface area contributed by atoms with E-state index in [1.54, 1.807) is 12.1 Å². The number of methoxy groups -OCH3 is 1. The van der Waals surface area contributed by atoms with Crippen molar-refractivity contribution in [1.29, 1.82) is 0 Å². The second-order valence-electron chi connectivity index (χ2n) is 5.25. The summed E-state index contributed by atoms with van der Waals surface area (Å²) < 4.78 is 44.7. The molecule has 0 radical (unpaired) electrons. The van der Waals surface area contributed by atoms with Crippen LogP contribution in [0.25, 0.3) is 0 Å². The van der Waals surface area contributed by atoms with Gasteiger partial charge in [0, 0.05) is 0 Å². The number of nitrogens with two attached hydrogens (primary N) is 1. The molecule has 0 aliphatic heterocycles. The molecule has 0 aliphatic carbocycles. The zero-order valence-corrected chi connectivity index (χ0v) is 12.7. The Balaban J connectivity index is 2.68. The number of hydrogen-bond acceptors (Lipinski definition) is 4. The predicted molar refractivity (Wildman–Crippen MR) is 75.3 cm³/mol. The number of esters is 1. The van der Waals surface area contributed by atoms with Crippen LogP contribution in [0.15, 0.2) is 24.3 Å². The Morgan fingerprint density at radius 3 is 2.23 bits per heavy atom. The van der Waals surface area contributed by atoms with Crippen LogP contribution in [0, 0.1) is 5.92 Å². The molecule has 1 aromatic rings. The highest BCUT2D eigenvalue weighted by Gasteiger charge is 2.31. The predicted octanol–water partition coefficient (Wildman–Crippen LogP) is 3.22. The largest absolute Gasteiger partial charge is 0.573 e. The molecule has 0 aliphatic rings. The van der Waals surface area contributed by atoms with E-state index >= 15 is 0 Å². The van der Waals surface area contributed by atoms with Crippen molar-refractivity contribution >= 4 is 5.97 Å². The molecule has 0 fully saturated rings. The summed E-state index contributed by atoms with van der Waals surface area (Å²) in [6.07, 6.45) is -4.28. The van der Waals surface area contributed by atoms with E-state index in [2.05, 4.69) is 9.47 Å². The fourth-order valence-corrected chi connectivity index (χ4v) is 2.15. The maximum atomic E-state index is 12.1. The molecule has 1 aromatic carbocycles. The molecule has 0 saturated heterocycles. The first-order chi connectivity index (χ1) is 10.1. The van der Waals surface area contributed by atoms with Gasteiger partial charge < -0.3 is 15.2 Å². The highest BCUT2D eigenvalue weighted by atomic mass is 19.4. The lowest BCUT2D eigenvalue weighted by molar-refractivity contribution is -0.274. The summed E-state index contributed by atoms with van der Waals surface area (Å²) >= 11 is 0. The van der Waals surface area contributed by atoms with Gasteiger partial charge in [-0.15, -0.1) is 13.2 Å². The smallest absolute Gasteiger partial charge is 0.468 e. The lowest BCUT2D eigenvalue weighted by Gasteiger charge is -2.22. The van der Waals surface area contributed by atoms with Crippen LogP contribution in [-0.2, 0) is 9.53 Å². The Hall–Kier alpha value is -1.76. The third-order valence-corrected chi connectivity index (χ3v) is 3.62. The van der Waals surface area contributed by atoms with Crippen LogP contribution in [0.1, 0.15) is 31.7 Å². The zero-order chi connectivity index (χ0) is 16.9. The number of ether oxygens (including phenoxy) is 2. The number of benzene rings is 1. The third-order valence-electron chi connectivity index (χ3n) is 3.62. The second kappa shape index (κ2) is 7.49. The van der Waals surface area contributed by atoms with Gasteiger partial charge in [-0.2, -0.15) is 0 Å². The lowest BCUT2D eigenvalue weighted by atomic mass is 9.85. The molecule has 22 heavy (non-hydrogen) atoms. The normalized spacial score (nSPS) is 15.8. The highest BCUT2D eigenvalue weighted by molar-refractivity contribution is 5.75. The Morgan fingerprint density at radius 2 is 1.77 bits per heavy atom. The van der Waals surface area contributed by atoms with Crippen LogP contribution in [0.4, 0.5) is 13.2 Å². The van der Waals surface area contributed by atoms with E-state index in [-0.39, 0.29) is 17.6 Å². The standard InChI is InChI=1S/C15H20F3NO3/c1-9(8-13(19)14(20)21-3)10(2)11-4-6-12(7-5-11)22-15(16,17)18/h4-7,9-10,13H,8,19H2,1-3H3. The maximum absolute atomic E-state index is 12.1. The highest BCUT2D eigenvalue weighted by Crippen LogP contribution is 2.30. The fraction of sp³-hybridized carbons (Fsp3) is 0.533. The molecule has 0 saturated carbocycles. The molecule has 4 nitrogen and oxygen atoms in total. The van der Waals surface area contributed by atoms with Crippen LogP contribution >= 0.6 is 0 Å². The number of alkyl halides is 3. The summed E-state index contributed by atoms with van der Waals surface area (Å²) in [4.78, 5) is 11.3. The van der Waals surface area contributed by atoms with E-state index in [0.29, 0.717) is 6.42 Å². The summed E-state index contributed by atoms with van der Waals surface area (Å²) in [5.41, 5.74) is 6.56. The SMILES string of the molecule is COC(=O)C(N)CC(C)C(C)c1ccc(OC(F)(F)F)cc1. The second-order valence-corrected chi connectivity index (χ2v) is 5.25. The summed E-state index contributed by atoms with van der Waals surface area (Å²) in [5.74, 6) is -0.658. The molecule has 0 bridgehead atoms. The molecule has 0 heterocycles. The monoisotopic (exact) mass is 319 g/mol. The maximum Gasteiger partial charge on any atom is 0.573 e. The molecular weight excluding hydrogens is 299 g/mol. The van der Waals surface area contributed by atoms with Gasteiger partial charge in [0.25, 0.3) is 0 Å². The Morgan fingerprint density at radius 1 is 1.23 bits per heavy atom. The minimum Gasteiger partial charge on any atom is -0.468 e. The quantitative estimate of drug-likeness (QED) is 0.818. The first kappa shape index (κ1) is 18.3. The summed E-state index contributed by atoms with van der Waals surface area (Å²) in [7, 11) is 1.27. The first-order valence-electron chi connectivity index (χ1n) is 6.83. The number of carbonyl (C=O) groups excluding carboxylic acids is 1. The van der Waals surface area contributed by atoms with Gasteiger partial charge in [-0.1, -0.05) is 26.0 Å². The minimum absolute atomic E-state index is 0.0237. The van der Waals surface area contributed by atoms with Crippen LogP contribution in [0.5, 0.6) is 5.75 Å². The van der Waals surface area contributed by atoms with Crippen LogP contribution in [-0.4, -0.2) is 25.5 Å². The molecule has 7 heteroatoms. The van der Waals surface area contributed by atoms with Crippen molar-refractivity contribution in [2.45, 2.75) is 38.6 Å². The average Bonchev–Trinajstić information content (AvgIpc) is 2.44. The van der Waals surface area contributed by atoms with Crippen molar-refractivity contribution in [1.82, 2.24) is 0 Å². The molecule has 3 atom stereocenters. The number of halogens is 3. The van der Waals surface area contributed by atoms with Gasteiger partial charge in [0.1, 0.15) is 11.8 Å². The minimum atomic E-state index is -4.70. The molecule has 0 spiro atoms.